The smallest absolute Gasteiger partial charge is 0.234 e. The predicted octanol–water partition coefficient (Wildman–Crippen LogP) is 1.23. The monoisotopic (exact) mass is 239 g/mol. The van der Waals surface area contributed by atoms with E-state index in [1.165, 1.54) is 0 Å². The summed E-state index contributed by atoms with van der Waals surface area (Å²) >= 11 is 0. The van der Waals surface area contributed by atoms with Crippen LogP contribution in [0.4, 0.5) is 0 Å². The molecule has 1 aromatic rings. The summed E-state index contributed by atoms with van der Waals surface area (Å²) in [6.45, 7) is 8.74. The van der Waals surface area contributed by atoms with Gasteiger partial charge in [-0.2, -0.15) is 0 Å². The summed E-state index contributed by atoms with van der Waals surface area (Å²) in [7, 11) is 0. The number of nitrogens with one attached hydrogen (secondary N) is 2. The molecule has 1 unspecified atom stereocenters. The van der Waals surface area contributed by atoms with E-state index in [9.17, 15) is 4.79 Å². The van der Waals surface area contributed by atoms with Crippen molar-refractivity contribution in [3.05, 3.63) is 17.8 Å². The van der Waals surface area contributed by atoms with Gasteiger partial charge in [0.25, 0.3) is 0 Å². The van der Waals surface area contributed by atoms with Crippen LogP contribution in [-0.4, -0.2) is 23.5 Å². The summed E-state index contributed by atoms with van der Waals surface area (Å²) in [5, 5.41) is 5.91. The molecule has 96 valence electrons. The van der Waals surface area contributed by atoms with Gasteiger partial charge in [0.2, 0.25) is 11.8 Å². The normalized spacial score (nSPS) is 12.8. The first-order valence-electron chi connectivity index (χ1n) is 5.90. The molecule has 0 aliphatic heterocycles. The van der Waals surface area contributed by atoms with E-state index in [2.05, 4.69) is 29.5 Å². The van der Waals surface area contributed by atoms with Crippen LogP contribution in [0.15, 0.2) is 10.6 Å². The third-order valence-corrected chi connectivity index (χ3v) is 2.62. The van der Waals surface area contributed by atoms with Gasteiger partial charge in [-0.3, -0.25) is 10.1 Å². The summed E-state index contributed by atoms with van der Waals surface area (Å²) in [5.74, 6) is 1.81. The Morgan fingerprint density at radius 2 is 2.18 bits per heavy atom. The van der Waals surface area contributed by atoms with Crippen molar-refractivity contribution in [1.29, 1.82) is 0 Å². The lowest BCUT2D eigenvalue weighted by Gasteiger charge is -2.17. The second kappa shape index (κ2) is 6.39. The molecule has 17 heavy (non-hydrogen) atoms. The lowest BCUT2D eigenvalue weighted by Crippen LogP contribution is -2.41. The summed E-state index contributed by atoms with van der Waals surface area (Å²) in [4.78, 5) is 15.6. The molecule has 0 aliphatic rings. The molecule has 0 spiro atoms. The number of hydrogen-bond donors (Lipinski definition) is 2. The largest absolute Gasteiger partial charge is 0.445 e. The minimum atomic E-state index is -0.00511. The van der Waals surface area contributed by atoms with Crippen LogP contribution in [0.5, 0.6) is 0 Å². The average molecular weight is 239 g/mol. The Morgan fingerprint density at radius 1 is 1.47 bits per heavy atom. The van der Waals surface area contributed by atoms with Crippen molar-refractivity contribution in [3.63, 3.8) is 0 Å². The summed E-state index contributed by atoms with van der Waals surface area (Å²) in [5.41, 5.74) is 0. The standard InChI is InChI=1S/C12H21N3O2/c1-8(2)10(4)15-11(16)6-13-7-12-14-5-9(3)17-12/h5,8,10,13H,6-7H2,1-4H3,(H,15,16). The van der Waals surface area contributed by atoms with E-state index >= 15 is 0 Å². The van der Waals surface area contributed by atoms with Crippen molar-refractivity contribution in [3.8, 4) is 0 Å². The van der Waals surface area contributed by atoms with Crippen molar-refractivity contribution >= 4 is 5.91 Å². The molecule has 0 saturated carbocycles. The number of oxazole rings is 1. The molecule has 0 aromatic carbocycles. The molecular weight excluding hydrogens is 218 g/mol. The van der Waals surface area contributed by atoms with Crippen LogP contribution >= 0.6 is 0 Å². The second-order valence-corrected chi connectivity index (χ2v) is 4.57. The van der Waals surface area contributed by atoms with Gasteiger partial charge in [0.15, 0.2) is 0 Å². The molecule has 0 aliphatic carbocycles. The first-order valence-corrected chi connectivity index (χ1v) is 5.90. The van der Waals surface area contributed by atoms with Crippen molar-refractivity contribution in [2.45, 2.75) is 40.3 Å². The van der Waals surface area contributed by atoms with Crippen molar-refractivity contribution in [2.24, 2.45) is 5.92 Å². The van der Waals surface area contributed by atoms with Gasteiger partial charge < -0.3 is 9.73 Å². The van der Waals surface area contributed by atoms with Crippen molar-refractivity contribution in [1.82, 2.24) is 15.6 Å². The van der Waals surface area contributed by atoms with Gasteiger partial charge in [-0.05, 0) is 19.8 Å². The van der Waals surface area contributed by atoms with E-state index in [1.807, 2.05) is 13.8 Å². The maximum Gasteiger partial charge on any atom is 0.234 e. The Hall–Kier alpha value is -1.36. The fourth-order valence-corrected chi connectivity index (χ4v) is 1.24. The van der Waals surface area contributed by atoms with Crippen LogP contribution in [0.2, 0.25) is 0 Å². The lowest BCUT2D eigenvalue weighted by molar-refractivity contribution is -0.121. The maximum atomic E-state index is 11.5. The maximum absolute atomic E-state index is 11.5. The number of aromatic nitrogens is 1. The summed E-state index contributed by atoms with van der Waals surface area (Å²) < 4.78 is 5.28. The topological polar surface area (TPSA) is 67.2 Å². The summed E-state index contributed by atoms with van der Waals surface area (Å²) in [6, 6.07) is 0.188. The van der Waals surface area contributed by atoms with Gasteiger partial charge in [0, 0.05) is 6.04 Å². The molecule has 0 saturated heterocycles. The van der Waals surface area contributed by atoms with Gasteiger partial charge in [-0.1, -0.05) is 13.8 Å². The van der Waals surface area contributed by atoms with Gasteiger partial charge >= 0.3 is 0 Å². The highest BCUT2D eigenvalue weighted by Crippen LogP contribution is 2.01. The molecule has 1 amide bonds. The van der Waals surface area contributed by atoms with E-state index < -0.39 is 0 Å². The molecule has 1 heterocycles. The van der Waals surface area contributed by atoms with Crippen LogP contribution in [0, 0.1) is 12.8 Å². The van der Waals surface area contributed by atoms with E-state index in [-0.39, 0.29) is 18.5 Å². The SMILES string of the molecule is Cc1cnc(CNCC(=O)NC(C)C(C)C)o1. The fourth-order valence-electron chi connectivity index (χ4n) is 1.24. The van der Waals surface area contributed by atoms with E-state index in [0.717, 1.165) is 5.76 Å². The van der Waals surface area contributed by atoms with Crippen LogP contribution < -0.4 is 10.6 Å². The predicted molar refractivity (Wildman–Crippen MR) is 65.4 cm³/mol. The quantitative estimate of drug-likeness (QED) is 0.783. The summed E-state index contributed by atoms with van der Waals surface area (Å²) in [6.07, 6.45) is 1.66. The van der Waals surface area contributed by atoms with E-state index in [4.69, 9.17) is 4.42 Å². The van der Waals surface area contributed by atoms with Crippen LogP contribution in [-0.2, 0) is 11.3 Å². The molecule has 0 bridgehead atoms. The highest BCUT2D eigenvalue weighted by atomic mass is 16.4. The number of rotatable bonds is 6. The van der Waals surface area contributed by atoms with Crippen molar-refractivity contribution < 1.29 is 9.21 Å². The number of amides is 1. The van der Waals surface area contributed by atoms with Crippen LogP contribution in [0.25, 0.3) is 0 Å². The molecule has 2 N–H and O–H groups in total. The Morgan fingerprint density at radius 3 is 2.71 bits per heavy atom. The van der Waals surface area contributed by atoms with Gasteiger partial charge in [0.1, 0.15) is 5.76 Å². The molecule has 0 fully saturated rings. The number of carbonyl (C=O) groups excluding carboxylic acids is 1. The third kappa shape index (κ3) is 4.99. The molecule has 1 atom stereocenters. The molecular formula is C12H21N3O2. The fraction of sp³-hybridized carbons (Fsp3) is 0.667. The first-order chi connectivity index (χ1) is 7.99. The van der Waals surface area contributed by atoms with Gasteiger partial charge in [-0.25, -0.2) is 4.98 Å². The van der Waals surface area contributed by atoms with Gasteiger partial charge in [-0.15, -0.1) is 0 Å². The van der Waals surface area contributed by atoms with Crippen LogP contribution in [0.3, 0.4) is 0 Å². The zero-order chi connectivity index (χ0) is 12.8. The van der Waals surface area contributed by atoms with Gasteiger partial charge in [0.05, 0.1) is 19.3 Å². The Balaban J connectivity index is 2.20. The second-order valence-electron chi connectivity index (χ2n) is 4.57. The number of nitrogens with zero attached hydrogens (tertiary/aromatic N) is 1. The van der Waals surface area contributed by atoms with Crippen LogP contribution in [0.1, 0.15) is 32.4 Å². The molecule has 1 rings (SSSR count). The minimum absolute atomic E-state index is 0.00511. The highest BCUT2D eigenvalue weighted by molar-refractivity contribution is 5.78. The highest BCUT2D eigenvalue weighted by Gasteiger charge is 2.10. The molecule has 5 heteroatoms. The zero-order valence-corrected chi connectivity index (χ0v) is 10.9. The molecule has 5 nitrogen and oxygen atoms in total. The van der Waals surface area contributed by atoms with E-state index in [1.54, 1.807) is 6.20 Å². The lowest BCUT2D eigenvalue weighted by atomic mass is 10.1. The number of aryl methyl sites for hydroxylation is 1. The number of carbonyl (C=O) groups is 1. The van der Waals surface area contributed by atoms with E-state index in [0.29, 0.717) is 18.4 Å². The average Bonchev–Trinajstić information content (AvgIpc) is 2.64. The third-order valence-electron chi connectivity index (χ3n) is 2.62. The number of hydrogen-bond acceptors (Lipinski definition) is 4. The first kappa shape index (κ1) is 13.7. The zero-order valence-electron chi connectivity index (χ0n) is 10.9. The van der Waals surface area contributed by atoms with Crippen molar-refractivity contribution in [2.75, 3.05) is 6.54 Å². The minimum Gasteiger partial charge on any atom is -0.445 e. The Bertz CT molecular complexity index is 360. The Labute approximate surface area is 102 Å². The molecule has 0 radical (unpaired) electrons. The molecule has 1 aromatic heterocycles. The Kier molecular flexibility index (Phi) is 5.15.